The second-order valence-corrected chi connectivity index (χ2v) is 3.36. The zero-order valence-electron chi connectivity index (χ0n) is 10.5. The topological polar surface area (TPSA) is 44.8 Å². The van der Waals surface area contributed by atoms with E-state index in [2.05, 4.69) is 11.3 Å². The van der Waals surface area contributed by atoms with Crippen molar-refractivity contribution in [2.75, 3.05) is 20.8 Å². The lowest BCUT2D eigenvalue weighted by atomic mass is 10.1. The second-order valence-electron chi connectivity index (χ2n) is 3.36. The van der Waals surface area contributed by atoms with Gasteiger partial charge in [-0.1, -0.05) is 12.7 Å². The van der Waals surface area contributed by atoms with E-state index in [4.69, 9.17) is 9.47 Å². The molecule has 4 nitrogen and oxygen atoms in total. The Hall–Kier alpha value is -2.23. The molecule has 1 rings (SSSR count). The molecule has 0 amide bonds. The van der Waals surface area contributed by atoms with Crippen LogP contribution < -0.4 is 9.47 Å². The molecule has 0 N–H and O–H groups in total. The molecule has 96 valence electrons. The lowest BCUT2D eigenvalue weighted by molar-refractivity contribution is -0.134. The van der Waals surface area contributed by atoms with E-state index in [0.717, 1.165) is 5.56 Å². The van der Waals surface area contributed by atoms with E-state index in [1.165, 1.54) is 13.2 Å². The molecule has 0 bridgehead atoms. The first kappa shape index (κ1) is 13.8. The van der Waals surface area contributed by atoms with Crippen molar-refractivity contribution in [2.45, 2.75) is 0 Å². The van der Waals surface area contributed by atoms with Crippen molar-refractivity contribution in [1.82, 2.24) is 0 Å². The first-order valence-electron chi connectivity index (χ1n) is 5.39. The zero-order valence-corrected chi connectivity index (χ0v) is 10.5. The lowest BCUT2D eigenvalue weighted by Gasteiger charge is -2.08. The van der Waals surface area contributed by atoms with Crippen LogP contribution in [0.3, 0.4) is 0 Å². The molecule has 0 heterocycles. The summed E-state index contributed by atoms with van der Waals surface area (Å²) in [5.41, 5.74) is 0.772. The van der Waals surface area contributed by atoms with Crippen LogP contribution in [-0.2, 0) is 9.53 Å². The van der Waals surface area contributed by atoms with Crippen molar-refractivity contribution in [3.8, 4) is 11.5 Å². The Balaban J connectivity index is 2.89. The van der Waals surface area contributed by atoms with Gasteiger partial charge in [-0.3, -0.25) is 0 Å². The number of hydrogen-bond donors (Lipinski definition) is 0. The average molecular weight is 248 g/mol. The van der Waals surface area contributed by atoms with E-state index in [1.807, 2.05) is 0 Å². The minimum atomic E-state index is -0.413. The summed E-state index contributed by atoms with van der Waals surface area (Å²) in [5.74, 6) is 0.891. The Kier molecular flexibility index (Phi) is 5.51. The van der Waals surface area contributed by atoms with E-state index < -0.39 is 5.97 Å². The van der Waals surface area contributed by atoms with Gasteiger partial charge in [0.25, 0.3) is 0 Å². The van der Waals surface area contributed by atoms with Crippen LogP contribution in [0.5, 0.6) is 11.5 Å². The SMILES string of the molecule is C=CCOc1ccc(/C=C/C(=O)OC)c(OC)c1. The van der Waals surface area contributed by atoms with Gasteiger partial charge in [0, 0.05) is 17.7 Å². The predicted molar refractivity (Wildman–Crippen MR) is 69.7 cm³/mol. The van der Waals surface area contributed by atoms with Crippen molar-refractivity contribution in [2.24, 2.45) is 0 Å². The van der Waals surface area contributed by atoms with Crippen molar-refractivity contribution >= 4 is 12.0 Å². The number of benzene rings is 1. The summed E-state index contributed by atoms with van der Waals surface area (Å²) in [6.07, 6.45) is 4.63. The maximum atomic E-state index is 11.0. The summed E-state index contributed by atoms with van der Waals surface area (Å²) in [4.78, 5) is 11.0. The fraction of sp³-hybridized carbons (Fsp3) is 0.214. The summed E-state index contributed by atoms with van der Waals surface area (Å²) in [5, 5.41) is 0. The van der Waals surface area contributed by atoms with Crippen LogP contribution in [0.25, 0.3) is 6.08 Å². The summed E-state index contributed by atoms with van der Waals surface area (Å²) >= 11 is 0. The van der Waals surface area contributed by atoms with Crippen molar-refractivity contribution < 1.29 is 19.0 Å². The van der Waals surface area contributed by atoms with Gasteiger partial charge in [0.1, 0.15) is 18.1 Å². The molecular weight excluding hydrogens is 232 g/mol. The van der Waals surface area contributed by atoms with Crippen LogP contribution in [0.15, 0.2) is 36.9 Å². The van der Waals surface area contributed by atoms with Crippen LogP contribution in [0.1, 0.15) is 5.56 Å². The molecule has 4 heteroatoms. The van der Waals surface area contributed by atoms with Gasteiger partial charge < -0.3 is 14.2 Å². The Bertz CT molecular complexity index is 449. The molecule has 0 radical (unpaired) electrons. The fourth-order valence-electron chi connectivity index (χ4n) is 1.30. The third-order valence-corrected chi connectivity index (χ3v) is 2.17. The van der Waals surface area contributed by atoms with Crippen LogP contribution >= 0.6 is 0 Å². The highest BCUT2D eigenvalue weighted by molar-refractivity contribution is 5.87. The minimum Gasteiger partial charge on any atom is -0.496 e. The Morgan fingerprint density at radius 1 is 1.39 bits per heavy atom. The van der Waals surface area contributed by atoms with Crippen LogP contribution in [0, 0.1) is 0 Å². The number of ether oxygens (including phenoxy) is 3. The minimum absolute atomic E-state index is 0.413. The van der Waals surface area contributed by atoms with E-state index >= 15 is 0 Å². The highest BCUT2D eigenvalue weighted by Gasteiger charge is 2.03. The number of carbonyl (C=O) groups is 1. The molecule has 0 saturated carbocycles. The lowest BCUT2D eigenvalue weighted by Crippen LogP contribution is -1.96. The van der Waals surface area contributed by atoms with Gasteiger partial charge in [-0.15, -0.1) is 0 Å². The van der Waals surface area contributed by atoms with Gasteiger partial charge in [0.2, 0.25) is 0 Å². The van der Waals surface area contributed by atoms with Crippen LogP contribution in [0.2, 0.25) is 0 Å². The van der Waals surface area contributed by atoms with Gasteiger partial charge in [-0.25, -0.2) is 4.79 Å². The number of rotatable bonds is 6. The van der Waals surface area contributed by atoms with Gasteiger partial charge in [-0.05, 0) is 18.2 Å². The largest absolute Gasteiger partial charge is 0.496 e. The second kappa shape index (κ2) is 7.17. The summed E-state index contributed by atoms with van der Waals surface area (Å²) < 4.78 is 15.1. The van der Waals surface area contributed by atoms with Gasteiger partial charge >= 0.3 is 5.97 Å². The third kappa shape index (κ3) is 3.97. The van der Waals surface area contributed by atoms with Crippen LogP contribution in [-0.4, -0.2) is 26.8 Å². The van der Waals surface area contributed by atoms with E-state index in [-0.39, 0.29) is 0 Å². The molecule has 0 aliphatic rings. The van der Waals surface area contributed by atoms with Gasteiger partial charge in [0.05, 0.1) is 14.2 Å². The maximum Gasteiger partial charge on any atom is 0.330 e. The number of esters is 1. The number of methoxy groups -OCH3 is 2. The zero-order chi connectivity index (χ0) is 13.4. The van der Waals surface area contributed by atoms with E-state index in [9.17, 15) is 4.79 Å². The highest BCUT2D eigenvalue weighted by atomic mass is 16.5. The molecule has 0 atom stereocenters. The van der Waals surface area contributed by atoms with Gasteiger partial charge in [0.15, 0.2) is 0 Å². The highest BCUT2D eigenvalue weighted by Crippen LogP contribution is 2.25. The Labute approximate surface area is 106 Å². The summed E-state index contributed by atoms with van der Waals surface area (Å²) in [6, 6.07) is 5.35. The first-order chi connectivity index (χ1) is 8.71. The Morgan fingerprint density at radius 3 is 2.78 bits per heavy atom. The molecule has 18 heavy (non-hydrogen) atoms. The third-order valence-electron chi connectivity index (χ3n) is 2.17. The smallest absolute Gasteiger partial charge is 0.330 e. The summed E-state index contributed by atoms with van der Waals surface area (Å²) in [7, 11) is 2.89. The maximum absolute atomic E-state index is 11.0. The molecule has 1 aromatic rings. The first-order valence-corrected chi connectivity index (χ1v) is 5.39. The normalized spacial score (nSPS) is 10.1. The fourth-order valence-corrected chi connectivity index (χ4v) is 1.30. The molecule has 0 saturated heterocycles. The molecule has 0 fully saturated rings. The predicted octanol–water partition coefficient (Wildman–Crippen LogP) is 2.45. The van der Waals surface area contributed by atoms with Crippen molar-refractivity contribution in [3.63, 3.8) is 0 Å². The van der Waals surface area contributed by atoms with Crippen molar-refractivity contribution in [1.29, 1.82) is 0 Å². The van der Waals surface area contributed by atoms with E-state index in [0.29, 0.717) is 18.1 Å². The molecule has 0 unspecified atom stereocenters. The molecular formula is C14H16O4. The molecule has 1 aromatic carbocycles. The molecule has 0 aromatic heterocycles. The quantitative estimate of drug-likeness (QED) is 0.440. The average Bonchev–Trinajstić information content (AvgIpc) is 2.42. The molecule has 0 aliphatic carbocycles. The number of hydrogen-bond acceptors (Lipinski definition) is 4. The standard InChI is InChI=1S/C14H16O4/c1-4-9-18-12-7-5-11(13(10-12)16-2)6-8-14(15)17-3/h4-8,10H,1,9H2,2-3H3/b8-6+. The van der Waals surface area contributed by atoms with Crippen LogP contribution in [0.4, 0.5) is 0 Å². The molecule has 0 aliphatic heterocycles. The van der Waals surface area contributed by atoms with E-state index in [1.54, 1.807) is 37.5 Å². The number of carbonyl (C=O) groups excluding carboxylic acids is 1. The Morgan fingerprint density at radius 2 is 2.17 bits per heavy atom. The van der Waals surface area contributed by atoms with Gasteiger partial charge in [-0.2, -0.15) is 0 Å². The van der Waals surface area contributed by atoms with Crippen molar-refractivity contribution in [3.05, 3.63) is 42.5 Å². The molecule has 0 spiro atoms. The summed E-state index contributed by atoms with van der Waals surface area (Å²) in [6.45, 7) is 4.01. The monoisotopic (exact) mass is 248 g/mol.